The van der Waals surface area contributed by atoms with Crippen LogP contribution in [0.1, 0.15) is 0 Å². The van der Waals surface area contributed by atoms with Crippen molar-refractivity contribution in [3.63, 3.8) is 0 Å². The van der Waals surface area contributed by atoms with Crippen molar-refractivity contribution in [3.05, 3.63) is 243 Å². The zero-order valence-electron chi connectivity index (χ0n) is 37.8. The molecule has 0 amide bonds. The lowest BCUT2D eigenvalue weighted by molar-refractivity contribution is 0.669. The van der Waals surface area contributed by atoms with Crippen molar-refractivity contribution in [2.75, 3.05) is 0 Å². The number of para-hydroxylation sites is 4. The van der Waals surface area contributed by atoms with Gasteiger partial charge in [-0.3, -0.25) is 0 Å². The van der Waals surface area contributed by atoms with Crippen molar-refractivity contribution in [1.29, 1.82) is 0 Å². The Kier molecular flexibility index (Phi) is 9.14. The number of hydrogen-bond acceptors (Lipinski definition) is 4. The molecule has 0 aliphatic heterocycles. The minimum absolute atomic E-state index is 0.674. The fourth-order valence-corrected chi connectivity index (χ4v) is 10.6. The van der Waals surface area contributed by atoms with E-state index in [1.807, 2.05) is 18.2 Å². The van der Waals surface area contributed by atoms with E-state index < -0.39 is 0 Å². The van der Waals surface area contributed by atoms with Gasteiger partial charge in [-0.05, 0) is 83.4 Å². The van der Waals surface area contributed by atoms with Crippen LogP contribution in [0.3, 0.4) is 0 Å². The second-order valence-corrected chi connectivity index (χ2v) is 17.9. The molecule has 0 saturated carbocycles. The van der Waals surface area contributed by atoms with Crippen molar-refractivity contribution in [3.8, 4) is 73.1 Å². The quantitative estimate of drug-likeness (QED) is 0.150. The molecule has 0 unspecified atom stereocenters. The van der Waals surface area contributed by atoms with Gasteiger partial charge in [0.2, 0.25) is 0 Å². The highest BCUT2D eigenvalue weighted by Crippen LogP contribution is 2.47. The molecule has 0 saturated heterocycles. The molecular formula is C65H40N4O. The van der Waals surface area contributed by atoms with E-state index in [-0.39, 0.29) is 0 Å². The van der Waals surface area contributed by atoms with Gasteiger partial charge in [0.1, 0.15) is 11.2 Å². The monoisotopic (exact) mass is 892 g/mol. The number of pyridine rings is 1. The summed E-state index contributed by atoms with van der Waals surface area (Å²) in [6.07, 6.45) is 0. The van der Waals surface area contributed by atoms with E-state index in [0.717, 1.165) is 111 Å². The highest BCUT2D eigenvalue weighted by atomic mass is 16.3. The molecule has 0 atom stereocenters. The molecule has 0 spiro atoms. The molecule has 14 rings (SSSR count). The molecule has 0 N–H and O–H groups in total. The minimum Gasteiger partial charge on any atom is -0.456 e. The average Bonchev–Trinajstić information content (AvgIpc) is 3.98. The molecule has 326 valence electrons. The average molecular weight is 893 g/mol. The summed E-state index contributed by atoms with van der Waals surface area (Å²) >= 11 is 0. The zero-order valence-corrected chi connectivity index (χ0v) is 37.8. The molecule has 4 heterocycles. The summed E-state index contributed by atoms with van der Waals surface area (Å²) in [6.45, 7) is 0. The van der Waals surface area contributed by atoms with Crippen molar-refractivity contribution in [2.24, 2.45) is 0 Å². The first-order valence-corrected chi connectivity index (χ1v) is 23.7. The van der Waals surface area contributed by atoms with Crippen molar-refractivity contribution >= 4 is 65.4 Å². The minimum atomic E-state index is 0.674. The van der Waals surface area contributed by atoms with Gasteiger partial charge in [0.25, 0.3) is 0 Å². The van der Waals surface area contributed by atoms with E-state index >= 15 is 0 Å². The molecule has 10 aromatic carbocycles. The van der Waals surface area contributed by atoms with E-state index in [0.29, 0.717) is 5.82 Å². The standard InChI is InChI=1S/C65H40N4O/c1-3-16-42(17-4-1)55-40-56(68-65(67-55)45-34-36-48(37-35-45)69-57-27-12-8-22-49(57)50-23-9-13-28-58(50)69)43-32-30-41(31-33-43)46-20-15-21-47(38-46)61-62-51-24-7-11-26-54(51)66-64(44-18-5-2-6-19-44)53(62)39-60-63(61)52-25-10-14-29-59(52)70-60/h1-40H. The zero-order chi connectivity index (χ0) is 46.1. The van der Waals surface area contributed by atoms with Gasteiger partial charge in [0, 0.05) is 71.2 Å². The summed E-state index contributed by atoms with van der Waals surface area (Å²) in [5.41, 5.74) is 17.3. The Labute approximate surface area is 403 Å². The molecule has 70 heavy (non-hydrogen) atoms. The number of hydrogen-bond donors (Lipinski definition) is 0. The van der Waals surface area contributed by atoms with Gasteiger partial charge in [-0.25, -0.2) is 15.0 Å². The van der Waals surface area contributed by atoms with Gasteiger partial charge in [0.05, 0.1) is 33.6 Å². The van der Waals surface area contributed by atoms with Gasteiger partial charge >= 0.3 is 0 Å². The Morgan fingerprint density at radius 1 is 0.314 bits per heavy atom. The van der Waals surface area contributed by atoms with E-state index in [1.165, 1.54) is 21.8 Å². The third-order valence-corrected chi connectivity index (χ3v) is 13.8. The smallest absolute Gasteiger partial charge is 0.160 e. The first kappa shape index (κ1) is 39.7. The molecule has 5 nitrogen and oxygen atoms in total. The van der Waals surface area contributed by atoms with E-state index in [1.54, 1.807) is 0 Å². The third kappa shape index (κ3) is 6.51. The van der Waals surface area contributed by atoms with Crippen LogP contribution >= 0.6 is 0 Å². The predicted octanol–water partition coefficient (Wildman–Crippen LogP) is 17.2. The van der Waals surface area contributed by atoms with Crippen LogP contribution in [0.4, 0.5) is 0 Å². The van der Waals surface area contributed by atoms with Gasteiger partial charge in [-0.15, -0.1) is 0 Å². The van der Waals surface area contributed by atoms with Crippen molar-refractivity contribution < 1.29 is 4.42 Å². The summed E-state index contributed by atoms with van der Waals surface area (Å²) in [4.78, 5) is 15.7. The molecule has 5 heteroatoms. The Hall–Kier alpha value is -9.45. The number of rotatable bonds is 7. The topological polar surface area (TPSA) is 56.7 Å². The molecule has 0 fully saturated rings. The van der Waals surface area contributed by atoms with Gasteiger partial charge in [0.15, 0.2) is 5.82 Å². The van der Waals surface area contributed by atoms with Crippen LogP contribution in [0.5, 0.6) is 0 Å². The number of fused-ring (bicyclic) bond motifs is 9. The molecule has 0 bridgehead atoms. The van der Waals surface area contributed by atoms with E-state index in [4.69, 9.17) is 19.4 Å². The van der Waals surface area contributed by atoms with Gasteiger partial charge in [-0.2, -0.15) is 0 Å². The Morgan fingerprint density at radius 2 is 0.857 bits per heavy atom. The molecule has 4 aromatic heterocycles. The largest absolute Gasteiger partial charge is 0.456 e. The molecule has 0 aliphatic carbocycles. The SMILES string of the molecule is c1ccc(-c2cc(-c3ccc(-c4cccc(-c5c6c(cc7c(-c8ccccc8)nc8ccccc8c57)oc5ccccc56)c4)cc3)nc(-c3ccc(-n4c5ccccc5c5ccccc54)cc3)n2)cc1. The number of benzene rings is 10. The van der Waals surface area contributed by atoms with E-state index in [2.05, 4.69) is 229 Å². The first-order chi connectivity index (χ1) is 34.7. The molecule has 0 radical (unpaired) electrons. The van der Waals surface area contributed by atoms with Crippen molar-refractivity contribution in [2.45, 2.75) is 0 Å². The summed E-state index contributed by atoms with van der Waals surface area (Å²) < 4.78 is 9.01. The second-order valence-electron chi connectivity index (χ2n) is 17.9. The van der Waals surface area contributed by atoms with Gasteiger partial charge in [-0.1, -0.05) is 176 Å². The van der Waals surface area contributed by atoms with Crippen LogP contribution in [0.15, 0.2) is 247 Å². The Bertz CT molecular complexity index is 4270. The third-order valence-electron chi connectivity index (χ3n) is 13.8. The van der Waals surface area contributed by atoms with Crippen LogP contribution in [0.25, 0.3) is 139 Å². The maximum atomic E-state index is 6.68. The summed E-state index contributed by atoms with van der Waals surface area (Å²) in [5.74, 6) is 0.674. The van der Waals surface area contributed by atoms with Gasteiger partial charge < -0.3 is 8.98 Å². The van der Waals surface area contributed by atoms with Crippen LogP contribution in [-0.2, 0) is 0 Å². The number of furan rings is 1. The van der Waals surface area contributed by atoms with Crippen LogP contribution in [0.2, 0.25) is 0 Å². The van der Waals surface area contributed by atoms with Crippen LogP contribution in [0, 0.1) is 0 Å². The predicted molar refractivity (Wildman–Crippen MR) is 289 cm³/mol. The van der Waals surface area contributed by atoms with E-state index in [9.17, 15) is 0 Å². The lowest BCUT2D eigenvalue weighted by Gasteiger charge is -2.16. The first-order valence-electron chi connectivity index (χ1n) is 23.7. The summed E-state index contributed by atoms with van der Waals surface area (Å²) in [7, 11) is 0. The normalized spacial score (nSPS) is 11.7. The molecule has 0 aliphatic rings. The summed E-state index contributed by atoms with van der Waals surface area (Å²) in [6, 6.07) is 85.5. The van der Waals surface area contributed by atoms with Crippen molar-refractivity contribution in [1.82, 2.24) is 19.5 Å². The maximum absolute atomic E-state index is 6.68. The van der Waals surface area contributed by atoms with Crippen LogP contribution in [-0.4, -0.2) is 19.5 Å². The molecule has 14 aromatic rings. The summed E-state index contributed by atoms with van der Waals surface area (Å²) in [5, 5.41) is 7.98. The number of aromatic nitrogens is 4. The molecular weight excluding hydrogens is 853 g/mol. The van der Waals surface area contributed by atoms with Crippen LogP contribution < -0.4 is 0 Å². The lowest BCUT2D eigenvalue weighted by Crippen LogP contribution is -1.97. The highest BCUT2D eigenvalue weighted by molar-refractivity contribution is 6.28. The Morgan fingerprint density at radius 3 is 1.57 bits per heavy atom. The Balaban J connectivity index is 0.880. The number of nitrogens with zero attached hydrogens (tertiary/aromatic N) is 4. The second kappa shape index (κ2) is 16.1. The maximum Gasteiger partial charge on any atom is 0.160 e. The lowest BCUT2D eigenvalue weighted by atomic mass is 9.88. The fourth-order valence-electron chi connectivity index (χ4n) is 10.6. The highest BCUT2D eigenvalue weighted by Gasteiger charge is 2.22. The fraction of sp³-hybridized carbons (Fsp3) is 0.